The van der Waals surface area contributed by atoms with Crippen LogP contribution < -0.4 is 0 Å². The van der Waals surface area contributed by atoms with E-state index in [1.54, 1.807) is 7.11 Å². The number of carbonyl (C=O) groups excluding carboxylic acids is 1. The molecule has 3 saturated carbocycles. The van der Waals surface area contributed by atoms with Gasteiger partial charge in [-0.15, -0.1) is 0 Å². The predicted octanol–water partition coefficient (Wildman–Crippen LogP) is 4.49. The second-order valence-corrected chi connectivity index (χ2v) is 11.2. The molecule has 4 rings (SSSR count). The van der Waals surface area contributed by atoms with Crippen molar-refractivity contribution in [1.82, 2.24) is 0 Å². The van der Waals surface area contributed by atoms with Gasteiger partial charge < -0.3 is 19.5 Å². The Morgan fingerprint density at radius 2 is 1.88 bits per heavy atom. The first-order chi connectivity index (χ1) is 15.6. The molecule has 7 unspecified atom stereocenters. The number of allylic oxidation sites excluding steroid dienone is 2. The highest BCUT2D eigenvalue weighted by atomic mass is 16.6. The van der Waals surface area contributed by atoms with Gasteiger partial charge in [0.2, 0.25) is 0 Å². The minimum atomic E-state index is -1.13. The topological polar surface area (TPSA) is 89.7 Å². The second kappa shape index (κ2) is 8.71. The van der Waals surface area contributed by atoms with Crippen molar-refractivity contribution in [3.8, 4) is 0 Å². The summed E-state index contributed by atoms with van der Waals surface area (Å²) in [4.78, 5) is 21.6. The lowest BCUT2D eigenvalue weighted by Crippen LogP contribution is -2.59. The maximum Gasteiger partial charge on any atom is 0.303 e. The SMILES string of the molecule is CO/N=C1/C=C2C(C)CC3C(CCC4(C)C3CCC4(O)/C(COC(C)=O)=N/OC)C2(C)CC1. The van der Waals surface area contributed by atoms with Crippen LogP contribution in [0.2, 0.25) is 0 Å². The number of aliphatic hydroxyl groups is 1. The first-order valence-corrected chi connectivity index (χ1v) is 12.4. The van der Waals surface area contributed by atoms with Gasteiger partial charge >= 0.3 is 5.97 Å². The molecule has 0 amide bonds. The molecule has 184 valence electrons. The maximum absolute atomic E-state index is 12.1. The molecule has 0 aliphatic heterocycles. The highest BCUT2D eigenvalue weighted by molar-refractivity contribution is 5.96. The maximum atomic E-state index is 12.1. The monoisotopic (exact) mass is 460 g/mol. The third kappa shape index (κ3) is 3.71. The van der Waals surface area contributed by atoms with E-state index in [1.165, 1.54) is 19.6 Å². The highest BCUT2D eigenvalue weighted by Gasteiger charge is 2.66. The van der Waals surface area contributed by atoms with Crippen LogP contribution in [-0.2, 0) is 19.2 Å². The molecule has 1 N–H and O–H groups in total. The molecule has 7 nitrogen and oxygen atoms in total. The van der Waals surface area contributed by atoms with Crippen molar-refractivity contribution in [2.24, 2.45) is 44.8 Å². The number of ether oxygens (including phenoxy) is 1. The number of hydrogen-bond donors (Lipinski definition) is 1. The number of rotatable bonds is 5. The lowest BCUT2D eigenvalue weighted by Gasteiger charge is -2.60. The van der Waals surface area contributed by atoms with E-state index in [-0.39, 0.29) is 23.4 Å². The van der Waals surface area contributed by atoms with Crippen molar-refractivity contribution in [2.45, 2.75) is 78.2 Å². The van der Waals surface area contributed by atoms with Crippen LogP contribution in [0, 0.1) is 34.5 Å². The van der Waals surface area contributed by atoms with E-state index in [1.807, 2.05) is 0 Å². The number of fused-ring (bicyclic) bond motifs is 5. The molecule has 0 aromatic heterocycles. The standard InChI is InChI=1S/C26H40N2O5/c1-16-13-19-20(24(3)10-7-18(27-31-5)14-22(16)24)8-11-25(4)21(19)9-12-26(25,30)23(28-32-6)15-33-17(2)29/h14,16,19-21,30H,7-13,15H2,1-6H3/b27-18+,28-23+. The summed E-state index contributed by atoms with van der Waals surface area (Å²) in [6, 6.07) is 0. The molecule has 0 aromatic carbocycles. The van der Waals surface area contributed by atoms with E-state index in [0.29, 0.717) is 35.8 Å². The van der Waals surface area contributed by atoms with Crippen molar-refractivity contribution in [3.05, 3.63) is 11.6 Å². The molecule has 3 fully saturated rings. The fraction of sp³-hybridized carbons (Fsp3) is 0.808. The van der Waals surface area contributed by atoms with Crippen molar-refractivity contribution < 1.29 is 24.3 Å². The summed E-state index contributed by atoms with van der Waals surface area (Å²) in [7, 11) is 3.09. The smallest absolute Gasteiger partial charge is 0.303 e. The van der Waals surface area contributed by atoms with E-state index in [2.05, 4.69) is 37.2 Å². The molecule has 7 atom stereocenters. The normalized spacial score (nSPS) is 43.8. The zero-order valence-electron chi connectivity index (χ0n) is 21.0. The van der Waals surface area contributed by atoms with Crippen LogP contribution in [0.5, 0.6) is 0 Å². The van der Waals surface area contributed by atoms with E-state index >= 15 is 0 Å². The van der Waals surface area contributed by atoms with Gasteiger partial charge in [-0.3, -0.25) is 4.79 Å². The number of esters is 1. The summed E-state index contributed by atoms with van der Waals surface area (Å²) >= 11 is 0. The van der Waals surface area contributed by atoms with Crippen LogP contribution in [0.3, 0.4) is 0 Å². The molecule has 0 saturated heterocycles. The van der Waals surface area contributed by atoms with E-state index in [4.69, 9.17) is 14.4 Å². The summed E-state index contributed by atoms with van der Waals surface area (Å²) in [6.45, 7) is 8.38. The van der Waals surface area contributed by atoms with Crippen LogP contribution in [0.15, 0.2) is 22.0 Å². The fourth-order valence-corrected chi connectivity index (χ4v) is 8.18. The number of nitrogens with zero attached hydrogens (tertiary/aromatic N) is 2. The number of carbonyl (C=O) groups is 1. The van der Waals surface area contributed by atoms with Crippen LogP contribution in [0.1, 0.15) is 72.6 Å². The molecule has 0 spiro atoms. The number of oxime groups is 2. The average molecular weight is 461 g/mol. The van der Waals surface area contributed by atoms with Gasteiger partial charge in [0, 0.05) is 12.3 Å². The Kier molecular flexibility index (Phi) is 6.40. The quantitative estimate of drug-likeness (QED) is 0.371. The zero-order chi connectivity index (χ0) is 24.0. The molecule has 4 aliphatic rings. The fourth-order valence-electron chi connectivity index (χ4n) is 8.18. The van der Waals surface area contributed by atoms with Gasteiger partial charge in [0.1, 0.15) is 32.1 Å². The van der Waals surface area contributed by atoms with Crippen LogP contribution in [-0.4, -0.2) is 48.9 Å². The van der Waals surface area contributed by atoms with Crippen LogP contribution in [0.25, 0.3) is 0 Å². The molecule has 0 aromatic rings. The predicted molar refractivity (Wildman–Crippen MR) is 127 cm³/mol. The van der Waals surface area contributed by atoms with E-state index < -0.39 is 5.60 Å². The van der Waals surface area contributed by atoms with E-state index in [0.717, 1.165) is 44.2 Å². The highest BCUT2D eigenvalue weighted by Crippen LogP contribution is 2.68. The summed E-state index contributed by atoms with van der Waals surface area (Å²) < 4.78 is 5.26. The van der Waals surface area contributed by atoms with Crippen molar-refractivity contribution in [2.75, 3.05) is 20.8 Å². The third-order valence-electron chi connectivity index (χ3n) is 9.75. The van der Waals surface area contributed by atoms with Crippen molar-refractivity contribution >= 4 is 17.4 Å². The Bertz CT molecular complexity index is 882. The Hall–Kier alpha value is -1.89. The van der Waals surface area contributed by atoms with Gasteiger partial charge in [0.25, 0.3) is 0 Å². The van der Waals surface area contributed by atoms with Crippen LogP contribution in [0.4, 0.5) is 0 Å². The lowest BCUT2D eigenvalue weighted by molar-refractivity contribution is -0.140. The van der Waals surface area contributed by atoms with Gasteiger partial charge in [-0.05, 0) is 80.1 Å². The Labute approximate surface area is 197 Å². The van der Waals surface area contributed by atoms with Gasteiger partial charge in [-0.1, -0.05) is 36.7 Å². The third-order valence-corrected chi connectivity index (χ3v) is 9.75. The summed E-state index contributed by atoms with van der Waals surface area (Å²) in [6.07, 6.45) is 9.05. The zero-order valence-corrected chi connectivity index (χ0v) is 21.0. The number of hydrogen-bond acceptors (Lipinski definition) is 7. The minimum Gasteiger partial charge on any atom is -0.459 e. The molecule has 33 heavy (non-hydrogen) atoms. The van der Waals surface area contributed by atoms with Gasteiger partial charge in [-0.25, -0.2) is 0 Å². The lowest BCUT2D eigenvalue weighted by atomic mass is 9.44. The Morgan fingerprint density at radius 1 is 1.15 bits per heavy atom. The summed E-state index contributed by atoms with van der Waals surface area (Å²) in [5.74, 6) is 1.64. The van der Waals surface area contributed by atoms with Gasteiger partial charge in [0.15, 0.2) is 0 Å². The molecule has 0 radical (unpaired) electrons. The second-order valence-electron chi connectivity index (χ2n) is 11.2. The van der Waals surface area contributed by atoms with E-state index in [9.17, 15) is 9.90 Å². The van der Waals surface area contributed by atoms with Crippen molar-refractivity contribution in [1.29, 1.82) is 0 Å². The molecular formula is C26H40N2O5. The van der Waals surface area contributed by atoms with Gasteiger partial charge in [-0.2, -0.15) is 0 Å². The first kappa shape index (κ1) is 24.2. The Balaban J connectivity index is 1.66. The molecule has 0 heterocycles. The first-order valence-electron chi connectivity index (χ1n) is 12.4. The van der Waals surface area contributed by atoms with Gasteiger partial charge in [0.05, 0.1) is 5.71 Å². The molecule has 4 aliphatic carbocycles. The average Bonchev–Trinajstić information content (AvgIpc) is 3.04. The largest absolute Gasteiger partial charge is 0.459 e. The molecular weight excluding hydrogens is 420 g/mol. The minimum absolute atomic E-state index is 0.0291. The molecule has 0 bridgehead atoms. The van der Waals surface area contributed by atoms with Crippen molar-refractivity contribution in [3.63, 3.8) is 0 Å². The summed E-state index contributed by atoms with van der Waals surface area (Å²) in [5, 5.41) is 20.5. The van der Waals surface area contributed by atoms with Crippen LogP contribution >= 0.6 is 0 Å². The molecule has 7 heteroatoms. The Morgan fingerprint density at radius 3 is 2.55 bits per heavy atom. The summed E-state index contributed by atoms with van der Waals surface area (Å²) in [5.41, 5.74) is 1.74.